The van der Waals surface area contributed by atoms with Gasteiger partial charge in [-0.25, -0.2) is 4.39 Å². The monoisotopic (exact) mass is 286 g/mol. The Balaban J connectivity index is 3.01. The third-order valence-corrected chi connectivity index (χ3v) is 2.17. The zero-order chi connectivity index (χ0) is 11.6. The van der Waals surface area contributed by atoms with Crippen LogP contribution >= 0.6 is 15.9 Å². The number of halogens is 5. The number of hydrogen-bond acceptors (Lipinski definition) is 1. The van der Waals surface area contributed by atoms with E-state index < -0.39 is 17.9 Å². The quantitative estimate of drug-likeness (QED) is 0.585. The topological polar surface area (TPSA) is 9.23 Å². The maximum absolute atomic E-state index is 12.9. The maximum atomic E-state index is 12.9. The highest BCUT2D eigenvalue weighted by atomic mass is 79.9. The van der Waals surface area contributed by atoms with Gasteiger partial charge in [-0.2, -0.15) is 0 Å². The minimum Gasteiger partial charge on any atom is -0.403 e. The van der Waals surface area contributed by atoms with Crippen LogP contribution in [0.5, 0.6) is 5.75 Å². The van der Waals surface area contributed by atoms with E-state index in [4.69, 9.17) is 0 Å². The first-order valence-electron chi connectivity index (χ1n) is 3.99. The summed E-state index contributed by atoms with van der Waals surface area (Å²) in [7, 11) is 0. The van der Waals surface area contributed by atoms with Gasteiger partial charge in [-0.3, -0.25) is 0 Å². The fraction of sp³-hybridized carbons (Fsp3) is 0.333. The lowest BCUT2D eigenvalue weighted by molar-refractivity contribution is -0.275. The van der Waals surface area contributed by atoms with Crippen molar-refractivity contribution in [3.05, 3.63) is 29.6 Å². The van der Waals surface area contributed by atoms with Crippen LogP contribution in [0.4, 0.5) is 17.6 Å². The van der Waals surface area contributed by atoms with Crippen molar-refractivity contribution in [1.29, 1.82) is 0 Å². The lowest BCUT2D eigenvalue weighted by atomic mass is 10.1. The Morgan fingerprint density at radius 2 is 1.93 bits per heavy atom. The SMILES string of the molecule is CC(Br)c1ccc(F)c(OC(F)(F)F)c1. The molecule has 1 aromatic rings. The molecule has 1 atom stereocenters. The van der Waals surface area contributed by atoms with Gasteiger partial charge in [0, 0.05) is 4.83 Å². The molecular weight excluding hydrogens is 280 g/mol. The molecule has 0 N–H and O–H groups in total. The highest BCUT2D eigenvalue weighted by Gasteiger charge is 2.32. The largest absolute Gasteiger partial charge is 0.573 e. The summed E-state index contributed by atoms with van der Waals surface area (Å²) < 4.78 is 52.0. The molecule has 0 aromatic heterocycles. The minimum atomic E-state index is -4.88. The summed E-state index contributed by atoms with van der Waals surface area (Å²) in [4.78, 5) is -0.173. The van der Waals surface area contributed by atoms with Gasteiger partial charge in [-0.05, 0) is 24.6 Å². The number of alkyl halides is 4. The van der Waals surface area contributed by atoms with E-state index >= 15 is 0 Å². The lowest BCUT2D eigenvalue weighted by Crippen LogP contribution is -2.18. The van der Waals surface area contributed by atoms with Gasteiger partial charge in [-0.1, -0.05) is 22.0 Å². The molecule has 1 rings (SSSR count). The summed E-state index contributed by atoms with van der Waals surface area (Å²) in [5.74, 6) is -1.85. The molecule has 0 aliphatic heterocycles. The molecule has 0 heterocycles. The molecule has 0 bridgehead atoms. The summed E-state index contributed by atoms with van der Waals surface area (Å²) >= 11 is 3.16. The van der Waals surface area contributed by atoms with Crippen LogP contribution in [0.1, 0.15) is 17.3 Å². The molecule has 1 unspecified atom stereocenters. The van der Waals surface area contributed by atoms with E-state index in [0.29, 0.717) is 5.56 Å². The van der Waals surface area contributed by atoms with Crippen LogP contribution in [-0.2, 0) is 0 Å². The summed E-state index contributed by atoms with van der Waals surface area (Å²) in [6, 6.07) is 3.34. The van der Waals surface area contributed by atoms with Crippen molar-refractivity contribution in [3.8, 4) is 5.75 Å². The molecule has 0 radical (unpaired) electrons. The van der Waals surface area contributed by atoms with Crippen molar-refractivity contribution < 1.29 is 22.3 Å². The second-order valence-electron chi connectivity index (χ2n) is 2.85. The second kappa shape index (κ2) is 4.38. The van der Waals surface area contributed by atoms with E-state index in [1.807, 2.05) is 0 Å². The first kappa shape index (κ1) is 12.3. The Labute approximate surface area is 92.2 Å². The van der Waals surface area contributed by atoms with E-state index in [9.17, 15) is 17.6 Å². The minimum absolute atomic E-state index is 0.173. The zero-order valence-corrected chi connectivity index (χ0v) is 9.19. The van der Waals surface area contributed by atoms with Gasteiger partial charge in [0.05, 0.1) is 0 Å². The van der Waals surface area contributed by atoms with Crippen LogP contribution in [0.2, 0.25) is 0 Å². The molecule has 1 aromatic carbocycles. The van der Waals surface area contributed by atoms with E-state index in [2.05, 4.69) is 20.7 Å². The molecule has 0 fully saturated rings. The van der Waals surface area contributed by atoms with Crippen molar-refractivity contribution in [1.82, 2.24) is 0 Å². The van der Waals surface area contributed by atoms with Gasteiger partial charge in [0.15, 0.2) is 11.6 Å². The van der Waals surface area contributed by atoms with E-state index in [0.717, 1.165) is 12.1 Å². The standard InChI is InChI=1S/C9H7BrF4O/c1-5(10)6-2-3-7(11)8(4-6)15-9(12,13)14/h2-5H,1H3. The van der Waals surface area contributed by atoms with E-state index in [1.165, 1.54) is 6.07 Å². The summed E-state index contributed by atoms with van der Waals surface area (Å²) in [5, 5.41) is 0. The first-order valence-corrected chi connectivity index (χ1v) is 4.90. The Kier molecular flexibility index (Phi) is 3.59. The van der Waals surface area contributed by atoms with Gasteiger partial charge in [-0.15, -0.1) is 13.2 Å². The molecule has 0 aliphatic carbocycles. The van der Waals surface area contributed by atoms with Gasteiger partial charge < -0.3 is 4.74 Å². The van der Waals surface area contributed by atoms with Crippen LogP contribution < -0.4 is 4.74 Å². The summed E-state index contributed by atoms with van der Waals surface area (Å²) in [6.45, 7) is 1.71. The molecule has 0 saturated carbocycles. The third-order valence-electron chi connectivity index (χ3n) is 1.64. The van der Waals surface area contributed by atoms with Crippen LogP contribution in [0.15, 0.2) is 18.2 Å². The van der Waals surface area contributed by atoms with E-state index in [-0.39, 0.29) is 4.83 Å². The molecule has 1 nitrogen and oxygen atoms in total. The Hall–Kier alpha value is -0.780. The molecule has 6 heteroatoms. The average Bonchev–Trinajstić information content (AvgIpc) is 2.06. The average molecular weight is 287 g/mol. The molecular formula is C9H7BrF4O. The Bertz CT molecular complexity index is 348. The first-order chi connectivity index (χ1) is 6.79. The smallest absolute Gasteiger partial charge is 0.403 e. The molecule has 0 amide bonds. The van der Waals surface area contributed by atoms with Gasteiger partial charge >= 0.3 is 6.36 Å². The molecule has 0 spiro atoms. The van der Waals surface area contributed by atoms with Crippen LogP contribution in [0, 0.1) is 5.82 Å². The predicted molar refractivity (Wildman–Crippen MR) is 50.4 cm³/mol. The van der Waals surface area contributed by atoms with E-state index in [1.54, 1.807) is 6.92 Å². The van der Waals surface area contributed by atoms with Crippen LogP contribution in [0.3, 0.4) is 0 Å². The van der Waals surface area contributed by atoms with Crippen molar-refractivity contribution in [2.24, 2.45) is 0 Å². The highest BCUT2D eigenvalue weighted by Crippen LogP contribution is 2.30. The number of hydrogen-bond donors (Lipinski definition) is 0. The predicted octanol–water partition coefficient (Wildman–Crippen LogP) is 4.18. The van der Waals surface area contributed by atoms with Gasteiger partial charge in [0.25, 0.3) is 0 Å². The highest BCUT2D eigenvalue weighted by molar-refractivity contribution is 9.09. The van der Waals surface area contributed by atoms with Gasteiger partial charge in [0.2, 0.25) is 0 Å². The van der Waals surface area contributed by atoms with Gasteiger partial charge in [0.1, 0.15) is 0 Å². The fourth-order valence-corrected chi connectivity index (χ4v) is 1.26. The van der Waals surface area contributed by atoms with Crippen LogP contribution in [-0.4, -0.2) is 6.36 Å². The molecule has 84 valence electrons. The lowest BCUT2D eigenvalue weighted by Gasteiger charge is -2.11. The van der Waals surface area contributed by atoms with Crippen molar-refractivity contribution in [2.75, 3.05) is 0 Å². The van der Waals surface area contributed by atoms with Crippen molar-refractivity contribution in [2.45, 2.75) is 18.1 Å². The Morgan fingerprint density at radius 1 is 1.33 bits per heavy atom. The summed E-state index contributed by atoms with van der Waals surface area (Å²) in [5.41, 5.74) is 0.510. The fourth-order valence-electron chi connectivity index (χ4n) is 0.970. The second-order valence-corrected chi connectivity index (χ2v) is 4.23. The molecule has 15 heavy (non-hydrogen) atoms. The Morgan fingerprint density at radius 3 is 2.40 bits per heavy atom. The number of rotatable bonds is 2. The van der Waals surface area contributed by atoms with Crippen molar-refractivity contribution in [3.63, 3.8) is 0 Å². The summed E-state index contributed by atoms with van der Waals surface area (Å²) in [6.07, 6.45) is -4.88. The van der Waals surface area contributed by atoms with Crippen molar-refractivity contribution >= 4 is 15.9 Å². The normalized spacial score (nSPS) is 13.7. The number of ether oxygens (including phenoxy) is 1. The van der Waals surface area contributed by atoms with Crippen LogP contribution in [0.25, 0.3) is 0 Å². The molecule has 0 aliphatic rings. The third kappa shape index (κ3) is 3.70. The molecule has 0 saturated heterocycles. The number of benzene rings is 1. The maximum Gasteiger partial charge on any atom is 0.573 e. The zero-order valence-electron chi connectivity index (χ0n) is 7.61.